The fourth-order valence-electron chi connectivity index (χ4n) is 4.39. The van der Waals surface area contributed by atoms with Crippen molar-refractivity contribution < 1.29 is 8.42 Å². The van der Waals surface area contributed by atoms with Gasteiger partial charge < -0.3 is 10.3 Å². The van der Waals surface area contributed by atoms with Crippen LogP contribution in [-0.4, -0.2) is 40.6 Å². The van der Waals surface area contributed by atoms with Crippen molar-refractivity contribution in [3.05, 3.63) is 46.9 Å². The Morgan fingerprint density at radius 2 is 1.91 bits per heavy atom. The largest absolute Gasteiger partial charge is 0.338 e. The summed E-state index contributed by atoms with van der Waals surface area (Å²) in [6, 6.07) is 10.5. The number of hydrogen-bond donors (Lipinski definition) is 2. The van der Waals surface area contributed by atoms with E-state index in [1.807, 2.05) is 0 Å². The van der Waals surface area contributed by atoms with E-state index in [-0.39, 0.29) is 16.5 Å². The molecule has 0 bridgehead atoms. The molecule has 1 saturated carbocycles. The van der Waals surface area contributed by atoms with Crippen LogP contribution in [0.4, 0.5) is 11.5 Å². The lowest BCUT2D eigenvalue weighted by Crippen LogP contribution is -2.27. The molecule has 1 aliphatic heterocycles. The number of nitrogens with one attached hydrogen (secondary N) is 2. The molecule has 3 heterocycles. The molecule has 3 aromatic rings. The molecule has 9 nitrogen and oxygen atoms in total. The zero-order valence-corrected chi connectivity index (χ0v) is 18.3. The van der Waals surface area contributed by atoms with Crippen LogP contribution in [-0.2, 0) is 10.0 Å². The van der Waals surface area contributed by atoms with Crippen molar-refractivity contribution in [1.29, 1.82) is 5.26 Å². The molecule has 10 heteroatoms. The Morgan fingerprint density at radius 3 is 2.56 bits per heavy atom. The maximum absolute atomic E-state index is 12.8. The number of H-pyrrole nitrogens is 1. The van der Waals surface area contributed by atoms with Crippen molar-refractivity contribution in [2.45, 2.75) is 43.0 Å². The Bertz CT molecular complexity index is 1340. The van der Waals surface area contributed by atoms with E-state index in [4.69, 9.17) is 0 Å². The van der Waals surface area contributed by atoms with Gasteiger partial charge in [0, 0.05) is 25.0 Å². The Morgan fingerprint density at radius 1 is 1.19 bits per heavy atom. The van der Waals surface area contributed by atoms with Crippen LogP contribution in [0.25, 0.3) is 10.9 Å². The van der Waals surface area contributed by atoms with Gasteiger partial charge >= 0.3 is 0 Å². The van der Waals surface area contributed by atoms with Crippen molar-refractivity contribution in [3.63, 3.8) is 0 Å². The third-order valence-corrected chi connectivity index (χ3v) is 8.14. The third kappa shape index (κ3) is 3.67. The molecule has 2 aromatic heterocycles. The van der Waals surface area contributed by atoms with E-state index < -0.39 is 10.0 Å². The number of hydrogen-bond acceptors (Lipinski definition) is 6. The zero-order chi connectivity index (χ0) is 22.3. The van der Waals surface area contributed by atoms with Crippen molar-refractivity contribution in [2.24, 2.45) is 5.92 Å². The van der Waals surface area contributed by atoms with Gasteiger partial charge in [0.05, 0.1) is 28.9 Å². The highest BCUT2D eigenvalue weighted by atomic mass is 32.2. The Kier molecular flexibility index (Phi) is 5.23. The zero-order valence-electron chi connectivity index (χ0n) is 17.5. The first-order valence-electron chi connectivity index (χ1n) is 10.8. The van der Waals surface area contributed by atoms with E-state index in [0.29, 0.717) is 47.8 Å². The molecular weight excluding hydrogens is 428 g/mol. The molecule has 1 unspecified atom stereocenters. The molecule has 166 valence electrons. The molecule has 1 atom stereocenters. The van der Waals surface area contributed by atoms with E-state index in [0.717, 1.165) is 25.7 Å². The minimum atomic E-state index is -3.49. The van der Waals surface area contributed by atoms with Crippen LogP contribution in [0.1, 0.15) is 38.1 Å². The van der Waals surface area contributed by atoms with Gasteiger partial charge in [0.15, 0.2) is 5.82 Å². The summed E-state index contributed by atoms with van der Waals surface area (Å²) >= 11 is 0. The first-order valence-corrected chi connectivity index (χ1v) is 12.3. The minimum Gasteiger partial charge on any atom is -0.338 e. The third-order valence-electron chi connectivity index (χ3n) is 6.23. The first kappa shape index (κ1) is 20.7. The molecule has 0 spiro atoms. The highest BCUT2D eigenvalue weighted by molar-refractivity contribution is 7.89. The van der Waals surface area contributed by atoms with E-state index in [1.165, 1.54) is 4.31 Å². The number of nitrogens with zero attached hydrogens (tertiary/aromatic N) is 4. The molecule has 0 amide bonds. The highest BCUT2D eigenvalue weighted by Gasteiger charge is 2.34. The summed E-state index contributed by atoms with van der Waals surface area (Å²) in [5.74, 6) is 0.778. The predicted octanol–water partition coefficient (Wildman–Crippen LogP) is 3.12. The van der Waals surface area contributed by atoms with E-state index in [9.17, 15) is 18.5 Å². The molecule has 1 aliphatic carbocycles. The molecule has 0 radical (unpaired) electrons. The van der Waals surface area contributed by atoms with Gasteiger partial charge in [-0.05, 0) is 61.9 Å². The summed E-state index contributed by atoms with van der Waals surface area (Å²) in [5, 5.41) is 17.5. The number of sulfonamides is 1. The van der Waals surface area contributed by atoms with Crippen molar-refractivity contribution in [3.8, 4) is 6.07 Å². The average Bonchev–Trinajstić information content (AvgIpc) is 3.32. The molecule has 32 heavy (non-hydrogen) atoms. The number of rotatable bonds is 7. The number of nitriles is 1. The number of fused-ring (bicyclic) bond motifs is 1. The Labute approximate surface area is 185 Å². The number of anilines is 2. The predicted molar refractivity (Wildman–Crippen MR) is 120 cm³/mol. The van der Waals surface area contributed by atoms with Crippen LogP contribution in [0.5, 0.6) is 0 Å². The van der Waals surface area contributed by atoms with E-state index >= 15 is 0 Å². The van der Waals surface area contributed by atoms with Crippen LogP contribution in [0.2, 0.25) is 0 Å². The molecule has 5 rings (SSSR count). The van der Waals surface area contributed by atoms with Crippen molar-refractivity contribution >= 4 is 32.4 Å². The van der Waals surface area contributed by atoms with E-state index in [2.05, 4.69) is 21.5 Å². The molecular formula is C22H24N6O3S. The summed E-state index contributed by atoms with van der Waals surface area (Å²) in [6.07, 6.45) is 5.78. The van der Waals surface area contributed by atoms with Crippen LogP contribution < -0.4 is 10.9 Å². The van der Waals surface area contributed by atoms with Gasteiger partial charge in [0.25, 0.3) is 5.56 Å². The summed E-state index contributed by atoms with van der Waals surface area (Å²) in [7, 11) is -3.49. The highest BCUT2D eigenvalue weighted by Crippen LogP contribution is 2.43. The number of benzene rings is 1. The van der Waals surface area contributed by atoms with Crippen LogP contribution in [0.15, 0.2) is 46.2 Å². The minimum absolute atomic E-state index is 0.0761. The molecule has 2 N–H and O–H groups in total. The Balaban J connectivity index is 1.48. The molecule has 2 fully saturated rings. The lowest BCUT2D eigenvalue weighted by molar-refractivity contribution is 0.426. The van der Waals surface area contributed by atoms with Gasteiger partial charge in [-0.3, -0.25) is 9.48 Å². The second kappa shape index (κ2) is 8.07. The van der Waals surface area contributed by atoms with Gasteiger partial charge in [0.2, 0.25) is 10.0 Å². The summed E-state index contributed by atoms with van der Waals surface area (Å²) in [6.45, 7) is 1.11. The van der Waals surface area contributed by atoms with Crippen molar-refractivity contribution in [2.75, 3.05) is 18.4 Å². The second-order valence-electron chi connectivity index (χ2n) is 8.39. The van der Waals surface area contributed by atoms with Crippen molar-refractivity contribution in [1.82, 2.24) is 19.1 Å². The Hall–Kier alpha value is -3.16. The number of aromatic nitrogens is 3. The SMILES string of the molecule is N#CCC(C1CC1)n1nc(Nc2ccc(S(=O)(=O)N3CCCC3)cc2)c2c(=O)[nH]ccc21. The number of aromatic amines is 1. The average molecular weight is 453 g/mol. The van der Waals surface area contributed by atoms with Crippen LogP contribution in [0.3, 0.4) is 0 Å². The smallest absolute Gasteiger partial charge is 0.261 e. The topological polar surface area (TPSA) is 124 Å². The standard InChI is InChI=1S/C22H24N6O3S/c23-11-9-18(15-3-4-15)28-19-10-12-24-22(29)20(19)21(26-28)25-16-5-7-17(8-6-16)32(30,31)27-13-1-2-14-27/h5-8,10,12,15,18H,1-4,9,13-14H2,(H,24,29)(H,25,26). The normalized spacial score (nSPS) is 18.0. The molecule has 1 aromatic carbocycles. The quantitative estimate of drug-likeness (QED) is 0.568. The van der Waals surface area contributed by atoms with Gasteiger partial charge in [-0.2, -0.15) is 14.7 Å². The van der Waals surface area contributed by atoms with Gasteiger partial charge in [-0.25, -0.2) is 8.42 Å². The fourth-order valence-corrected chi connectivity index (χ4v) is 5.91. The van der Waals surface area contributed by atoms with Gasteiger partial charge in [-0.15, -0.1) is 0 Å². The van der Waals surface area contributed by atoms with Crippen LogP contribution >= 0.6 is 0 Å². The first-order chi connectivity index (χ1) is 15.5. The summed E-state index contributed by atoms with van der Waals surface area (Å²) in [5.41, 5.74) is 1.04. The van der Waals surface area contributed by atoms with E-state index in [1.54, 1.807) is 41.2 Å². The van der Waals surface area contributed by atoms with Gasteiger partial charge in [-0.1, -0.05) is 0 Å². The molecule has 2 aliphatic rings. The number of pyridine rings is 1. The maximum Gasteiger partial charge on any atom is 0.261 e. The summed E-state index contributed by atoms with van der Waals surface area (Å²) in [4.78, 5) is 15.5. The lowest BCUT2D eigenvalue weighted by atomic mass is 10.1. The maximum atomic E-state index is 12.8. The second-order valence-corrected chi connectivity index (χ2v) is 10.3. The van der Waals surface area contributed by atoms with Crippen LogP contribution in [0, 0.1) is 17.2 Å². The fraction of sp³-hybridized carbons (Fsp3) is 0.409. The lowest BCUT2D eigenvalue weighted by Gasteiger charge is -2.15. The summed E-state index contributed by atoms with van der Waals surface area (Å²) < 4.78 is 28.8. The molecule has 1 saturated heterocycles. The van der Waals surface area contributed by atoms with Gasteiger partial charge in [0.1, 0.15) is 5.39 Å². The monoisotopic (exact) mass is 452 g/mol.